The Morgan fingerprint density at radius 1 is 1.09 bits per heavy atom. The van der Waals surface area contributed by atoms with E-state index in [1.54, 1.807) is 36.4 Å². The molecule has 4 rings (SSSR count). The van der Waals surface area contributed by atoms with Gasteiger partial charge in [-0.1, -0.05) is 37.6 Å². The second-order valence-corrected chi connectivity index (χ2v) is 8.37. The van der Waals surface area contributed by atoms with Crippen LogP contribution in [0.4, 0.5) is 0 Å². The van der Waals surface area contributed by atoms with E-state index in [-0.39, 0.29) is 11.3 Å². The lowest BCUT2D eigenvalue weighted by Gasteiger charge is -2.28. The number of hydrogen-bond donors (Lipinski definition) is 1. The molecule has 1 fully saturated rings. The maximum absolute atomic E-state index is 13.2. The van der Waals surface area contributed by atoms with Crippen LogP contribution in [0.25, 0.3) is 5.76 Å². The quantitative estimate of drug-likeness (QED) is 0.376. The summed E-state index contributed by atoms with van der Waals surface area (Å²) in [6, 6.07) is 11.3. The second kappa shape index (κ2) is 9.85. The first-order chi connectivity index (χ1) is 15.9. The molecular formula is C25H27ClN2O5. The number of hydrogen-bond acceptors (Lipinski definition) is 6. The standard InChI is InChI=1S/C25H27ClN2O5/c1-3-27(4-2)10-11-28-22(16-6-5-7-18(26)14-16)21(24(30)25(28)31)23(29)17-8-9-19-20(15-17)33-13-12-32-19/h5-9,14-15,22,29H,3-4,10-13H2,1-2H3/b23-21-. The SMILES string of the molecule is CCN(CC)CCN1C(=O)C(=O)/C(=C(\O)c2ccc3c(c2)OCCO3)C1c1cccc(Cl)c1. The normalized spacial score (nSPS) is 19.4. The fourth-order valence-corrected chi connectivity index (χ4v) is 4.47. The van der Waals surface area contributed by atoms with E-state index in [1.165, 1.54) is 4.90 Å². The number of aliphatic hydroxyl groups excluding tert-OH is 1. The lowest BCUT2D eigenvalue weighted by Crippen LogP contribution is -2.38. The minimum absolute atomic E-state index is 0.0403. The topological polar surface area (TPSA) is 79.3 Å². The molecule has 174 valence electrons. The van der Waals surface area contributed by atoms with Gasteiger partial charge in [0.15, 0.2) is 11.5 Å². The molecule has 0 aliphatic carbocycles. The summed E-state index contributed by atoms with van der Waals surface area (Å²) in [5, 5.41) is 11.7. The third-order valence-electron chi connectivity index (χ3n) is 6.07. The van der Waals surface area contributed by atoms with E-state index in [2.05, 4.69) is 4.90 Å². The average molecular weight is 471 g/mol. The second-order valence-electron chi connectivity index (χ2n) is 7.93. The fraction of sp³-hybridized carbons (Fsp3) is 0.360. The Morgan fingerprint density at radius 3 is 2.52 bits per heavy atom. The number of aliphatic hydroxyl groups is 1. The maximum atomic E-state index is 13.2. The molecule has 0 radical (unpaired) electrons. The van der Waals surface area contributed by atoms with Gasteiger partial charge in [-0.2, -0.15) is 0 Å². The van der Waals surface area contributed by atoms with Gasteiger partial charge in [-0.25, -0.2) is 0 Å². The molecule has 2 aliphatic rings. The number of likely N-dealkylation sites (N-methyl/N-ethyl adjacent to an activating group) is 1. The van der Waals surface area contributed by atoms with E-state index >= 15 is 0 Å². The lowest BCUT2D eigenvalue weighted by molar-refractivity contribution is -0.140. The number of Topliss-reactive ketones (excluding diaryl/α,β-unsaturated/α-hetero) is 1. The highest BCUT2D eigenvalue weighted by Gasteiger charge is 2.46. The molecule has 1 unspecified atom stereocenters. The monoisotopic (exact) mass is 470 g/mol. The molecule has 7 nitrogen and oxygen atoms in total. The number of halogens is 1. The Kier molecular flexibility index (Phi) is 6.91. The van der Waals surface area contributed by atoms with Crippen molar-refractivity contribution in [2.75, 3.05) is 39.4 Å². The molecule has 0 spiro atoms. The van der Waals surface area contributed by atoms with Crippen molar-refractivity contribution in [1.82, 2.24) is 9.80 Å². The third kappa shape index (κ3) is 4.56. The van der Waals surface area contributed by atoms with E-state index in [4.69, 9.17) is 21.1 Å². The number of ketones is 1. The highest BCUT2D eigenvalue weighted by Crippen LogP contribution is 2.41. The van der Waals surface area contributed by atoms with Crippen LogP contribution in [-0.4, -0.2) is 66.0 Å². The van der Waals surface area contributed by atoms with E-state index < -0.39 is 17.7 Å². The minimum Gasteiger partial charge on any atom is -0.507 e. The molecule has 2 heterocycles. The van der Waals surface area contributed by atoms with Crippen LogP contribution in [0.1, 0.15) is 31.0 Å². The van der Waals surface area contributed by atoms with Gasteiger partial charge in [-0.15, -0.1) is 0 Å². The summed E-state index contributed by atoms with van der Waals surface area (Å²) in [6.45, 7) is 7.57. The number of amides is 1. The van der Waals surface area contributed by atoms with Gasteiger partial charge in [0.1, 0.15) is 19.0 Å². The lowest BCUT2D eigenvalue weighted by atomic mass is 9.95. The molecule has 1 atom stereocenters. The number of nitrogens with zero attached hydrogens (tertiary/aromatic N) is 2. The summed E-state index contributed by atoms with van der Waals surface area (Å²) in [4.78, 5) is 29.9. The van der Waals surface area contributed by atoms with Gasteiger partial charge < -0.3 is 24.4 Å². The molecule has 2 aliphatic heterocycles. The fourth-order valence-electron chi connectivity index (χ4n) is 4.27. The first-order valence-corrected chi connectivity index (χ1v) is 11.5. The summed E-state index contributed by atoms with van der Waals surface area (Å²) in [5.74, 6) is -0.539. The number of fused-ring (bicyclic) bond motifs is 1. The molecule has 1 N–H and O–H groups in total. The number of benzene rings is 2. The molecule has 0 bridgehead atoms. The predicted molar refractivity (Wildman–Crippen MR) is 126 cm³/mol. The Labute approximate surface area is 198 Å². The molecule has 2 aromatic rings. The summed E-state index contributed by atoms with van der Waals surface area (Å²) >= 11 is 6.23. The Hall–Kier alpha value is -3.03. The molecule has 2 aromatic carbocycles. The van der Waals surface area contributed by atoms with Crippen molar-refractivity contribution in [3.8, 4) is 11.5 Å². The third-order valence-corrected chi connectivity index (χ3v) is 6.31. The average Bonchev–Trinajstić information content (AvgIpc) is 3.09. The highest BCUT2D eigenvalue weighted by atomic mass is 35.5. The molecule has 33 heavy (non-hydrogen) atoms. The smallest absolute Gasteiger partial charge is 0.295 e. The molecule has 1 saturated heterocycles. The zero-order valence-electron chi connectivity index (χ0n) is 18.7. The van der Waals surface area contributed by atoms with Crippen LogP contribution in [0, 0.1) is 0 Å². The van der Waals surface area contributed by atoms with Gasteiger partial charge >= 0.3 is 0 Å². The van der Waals surface area contributed by atoms with Gasteiger partial charge in [-0.3, -0.25) is 9.59 Å². The Morgan fingerprint density at radius 2 is 1.82 bits per heavy atom. The van der Waals surface area contributed by atoms with Gasteiger partial charge in [0.2, 0.25) is 0 Å². The molecule has 0 aromatic heterocycles. The van der Waals surface area contributed by atoms with Crippen LogP contribution in [0.5, 0.6) is 11.5 Å². The summed E-state index contributed by atoms with van der Waals surface area (Å²) < 4.78 is 11.2. The zero-order valence-corrected chi connectivity index (χ0v) is 19.5. The van der Waals surface area contributed by atoms with E-state index in [0.29, 0.717) is 54.0 Å². The Balaban J connectivity index is 1.79. The molecular weight excluding hydrogens is 444 g/mol. The number of likely N-dealkylation sites (tertiary alicyclic amines) is 1. The van der Waals surface area contributed by atoms with Crippen LogP contribution in [-0.2, 0) is 9.59 Å². The van der Waals surface area contributed by atoms with Crippen LogP contribution in [0.2, 0.25) is 5.02 Å². The van der Waals surface area contributed by atoms with Crippen molar-refractivity contribution in [3.05, 3.63) is 64.2 Å². The number of rotatable bonds is 7. The van der Waals surface area contributed by atoms with Crippen molar-refractivity contribution in [2.24, 2.45) is 0 Å². The summed E-state index contributed by atoms with van der Waals surface area (Å²) in [7, 11) is 0. The highest BCUT2D eigenvalue weighted by molar-refractivity contribution is 6.46. The van der Waals surface area contributed by atoms with Crippen LogP contribution in [0.15, 0.2) is 48.0 Å². The molecule has 8 heteroatoms. The predicted octanol–water partition coefficient (Wildman–Crippen LogP) is 3.87. The maximum Gasteiger partial charge on any atom is 0.295 e. The van der Waals surface area contributed by atoms with Crippen LogP contribution >= 0.6 is 11.6 Å². The van der Waals surface area contributed by atoms with Crippen molar-refractivity contribution >= 4 is 29.1 Å². The van der Waals surface area contributed by atoms with Crippen LogP contribution < -0.4 is 9.47 Å². The zero-order chi connectivity index (χ0) is 23.5. The van der Waals surface area contributed by atoms with Crippen molar-refractivity contribution < 1.29 is 24.2 Å². The molecule has 1 amide bonds. The molecule has 0 saturated carbocycles. The summed E-state index contributed by atoms with van der Waals surface area (Å²) in [5.41, 5.74) is 1.09. The number of ether oxygens (including phenoxy) is 2. The number of carbonyl (C=O) groups excluding carboxylic acids is 2. The van der Waals surface area contributed by atoms with E-state index in [0.717, 1.165) is 13.1 Å². The summed E-state index contributed by atoms with van der Waals surface area (Å²) in [6.07, 6.45) is 0. The van der Waals surface area contributed by atoms with Gasteiger partial charge in [0.05, 0.1) is 11.6 Å². The van der Waals surface area contributed by atoms with Crippen molar-refractivity contribution in [1.29, 1.82) is 0 Å². The Bertz CT molecular complexity index is 1100. The van der Waals surface area contributed by atoms with Gasteiger partial charge in [0.25, 0.3) is 11.7 Å². The van der Waals surface area contributed by atoms with Crippen LogP contribution in [0.3, 0.4) is 0 Å². The van der Waals surface area contributed by atoms with E-state index in [9.17, 15) is 14.7 Å². The van der Waals surface area contributed by atoms with Crippen molar-refractivity contribution in [3.63, 3.8) is 0 Å². The van der Waals surface area contributed by atoms with Gasteiger partial charge in [0, 0.05) is 23.7 Å². The largest absolute Gasteiger partial charge is 0.507 e. The van der Waals surface area contributed by atoms with Gasteiger partial charge in [-0.05, 0) is 49.0 Å². The minimum atomic E-state index is -0.743. The van der Waals surface area contributed by atoms with Crippen molar-refractivity contribution in [2.45, 2.75) is 19.9 Å². The first-order valence-electron chi connectivity index (χ1n) is 11.1. The van der Waals surface area contributed by atoms with E-state index in [1.807, 2.05) is 19.9 Å². The first kappa shape index (κ1) is 23.1. The number of carbonyl (C=O) groups is 2.